The van der Waals surface area contributed by atoms with Crippen molar-refractivity contribution in [2.75, 3.05) is 14.1 Å². The fourth-order valence-corrected chi connectivity index (χ4v) is 4.22. The lowest BCUT2D eigenvalue weighted by Gasteiger charge is -2.15. The van der Waals surface area contributed by atoms with Crippen LogP contribution in [-0.2, 0) is 26.6 Å². The van der Waals surface area contributed by atoms with Gasteiger partial charge in [-0.3, -0.25) is 0 Å². The van der Waals surface area contributed by atoms with Gasteiger partial charge in [0.2, 0.25) is 20.0 Å². The molecule has 6 nitrogen and oxygen atoms in total. The maximum Gasteiger partial charge on any atom is 0.243 e. The second kappa shape index (κ2) is 7.16. The Hall–Kier alpha value is -1.88. The van der Waals surface area contributed by atoms with Crippen LogP contribution in [0.2, 0.25) is 0 Å². The average Bonchev–Trinajstić information content (AvgIpc) is 2.52. The Morgan fingerprint density at radius 2 is 1.60 bits per heavy atom. The molecule has 136 valence electrons. The molecule has 0 heterocycles. The van der Waals surface area contributed by atoms with E-state index in [4.69, 9.17) is 0 Å². The lowest BCUT2D eigenvalue weighted by molar-refractivity contribution is 0.518. The fourth-order valence-electron chi connectivity index (χ4n) is 2.04. The summed E-state index contributed by atoms with van der Waals surface area (Å²) in [6.45, 7) is -0.373. The molecule has 0 unspecified atom stereocenters. The third-order valence-electron chi connectivity index (χ3n) is 3.37. The minimum Gasteiger partial charge on any atom is -0.207 e. The van der Waals surface area contributed by atoms with Gasteiger partial charge in [-0.1, -0.05) is 18.2 Å². The highest BCUT2D eigenvalue weighted by Gasteiger charge is 2.23. The molecule has 2 rings (SSSR count). The molecule has 0 atom stereocenters. The third-order valence-corrected chi connectivity index (χ3v) is 6.72. The molecule has 2 aromatic carbocycles. The molecule has 1 N–H and O–H groups in total. The van der Waals surface area contributed by atoms with Crippen LogP contribution < -0.4 is 4.72 Å². The summed E-state index contributed by atoms with van der Waals surface area (Å²) in [5, 5.41) is 0. The zero-order valence-corrected chi connectivity index (χ0v) is 15.0. The second-order valence-electron chi connectivity index (χ2n) is 5.29. The number of hydrogen-bond acceptors (Lipinski definition) is 4. The number of hydrogen-bond donors (Lipinski definition) is 1. The van der Waals surface area contributed by atoms with Crippen LogP contribution >= 0.6 is 0 Å². The Bertz CT molecular complexity index is 990. The van der Waals surface area contributed by atoms with E-state index in [1.54, 1.807) is 6.07 Å². The van der Waals surface area contributed by atoms with Gasteiger partial charge in [-0.25, -0.2) is 34.6 Å². The number of sulfonamides is 2. The highest BCUT2D eigenvalue weighted by atomic mass is 32.2. The summed E-state index contributed by atoms with van der Waals surface area (Å²) in [7, 11) is -5.36. The predicted molar refractivity (Wildman–Crippen MR) is 87.7 cm³/mol. The molecule has 10 heteroatoms. The van der Waals surface area contributed by atoms with Crippen LogP contribution in [0, 0.1) is 11.6 Å². The van der Waals surface area contributed by atoms with Crippen LogP contribution in [0.25, 0.3) is 0 Å². The van der Waals surface area contributed by atoms with E-state index in [1.165, 1.54) is 32.3 Å². The summed E-state index contributed by atoms with van der Waals surface area (Å²) in [4.78, 5) is -0.788. The van der Waals surface area contributed by atoms with Crippen LogP contribution in [0.5, 0.6) is 0 Å². The zero-order valence-electron chi connectivity index (χ0n) is 13.4. The Labute approximate surface area is 145 Å². The van der Waals surface area contributed by atoms with Gasteiger partial charge in [0.05, 0.1) is 4.90 Å². The number of nitrogens with one attached hydrogen (secondary N) is 1. The van der Waals surface area contributed by atoms with Crippen molar-refractivity contribution in [1.82, 2.24) is 9.03 Å². The maximum atomic E-state index is 13.7. The second-order valence-corrected chi connectivity index (χ2v) is 9.15. The minimum atomic E-state index is -4.29. The van der Waals surface area contributed by atoms with Crippen molar-refractivity contribution in [3.63, 3.8) is 0 Å². The third kappa shape index (κ3) is 4.21. The largest absolute Gasteiger partial charge is 0.243 e. The van der Waals surface area contributed by atoms with Gasteiger partial charge in [0.25, 0.3) is 0 Å². The summed E-state index contributed by atoms with van der Waals surface area (Å²) in [6, 6.07) is 7.93. The van der Waals surface area contributed by atoms with Crippen LogP contribution in [0.3, 0.4) is 0 Å². The standard InChI is InChI=1S/C15H16F2N2O4S2/c1-19(2)25(22,23)14-6-4-3-5-11(14)10-18-24(20,21)15-8-7-12(16)9-13(15)17/h3-9,18H,10H2,1-2H3. The lowest BCUT2D eigenvalue weighted by atomic mass is 10.2. The fraction of sp³-hybridized carbons (Fsp3) is 0.200. The van der Waals surface area contributed by atoms with Crippen LogP contribution in [-0.4, -0.2) is 35.2 Å². The molecular formula is C15H16F2N2O4S2. The van der Waals surface area contributed by atoms with Gasteiger partial charge in [0, 0.05) is 26.7 Å². The van der Waals surface area contributed by atoms with Gasteiger partial charge in [-0.15, -0.1) is 0 Å². The lowest BCUT2D eigenvalue weighted by Crippen LogP contribution is -2.27. The first-order chi connectivity index (χ1) is 11.6. The molecule has 0 radical (unpaired) electrons. The summed E-state index contributed by atoms with van der Waals surface area (Å²) >= 11 is 0. The van der Waals surface area contributed by atoms with Crippen molar-refractivity contribution in [3.8, 4) is 0 Å². The number of rotatable bonds is 6. The van der Waals surface area contributed by atoms with Crippen LogP contribution in [0.4, 0.5) is 8.78 Å². The first-order valence-corrected chi connectivity index (χ1v) is 9.93. The number of halogens is 2. The van der Waals surface area contributed by atoms with Crippen molar-refractivity contribution >= 4 is 20.0 Å². The molecule has 0 aromatic heterocycles. The first kappa shape index (κ1) is 19.4. The molecule has 0 aliphatic carbocycles. The Morgan fingerprint density at radius 1 is 0.960 bits per heavy atom. The molecule has 0 bridgehead atoms. The quantitative estimate of drug-likeness (QED) is 0.814. The van der Waals surface area contributed by atoms with Crippen molar-refractivity contribution in [1.29, 1.82) is 0 Å². The van der Waals surface area contributed by atoms with Gasteiger partial charge in [-0.2, -0.15) is 0 Å². The number of nitrogens with zero attached hydrogens (tertiary/aromatic N) is 1. The van der Waals surface area contributed by atoms with Gasteiger partial charge in [0.15, 0.2) is 0 Å². The molecule has 0 aliphatic rings. The summed E-state index contributed by atoms with van der Waals surface area (Å²) in [6.07, 6.45) is 0. The maximum absolute atomic E-state index is 13.7. The summed E-state index contributed by atoms with van der Waals surface area (Å²) in [5.41, 5.74) is 0.197. The molecule has 0 fully saturated rings. The monoisotopic (exact) mass is 390 g/mol. The first-order valence-electron chi connectivity index (χ1n) is 7.01. The highest BCUT2D eigenvalue weighted by Crippen LogP contribution is 2.20. The molecule has 0 spiro atoms. The number of benzene rings is 2. The van der Waals surface area contributed by atoms with E-state index in [9.17, 15) is 25.6 Å². The van der Waals surface area contributed by atoms with E-state index >= 15 is 0 Å². The van der Waals surface area contributed by atoms with Crippen LogP contribution in [0.15, 0.2) is 52.3 Å². The predicted octanol–water partition coefficient (Wildman–Crippen LogP) is 1.69. The molecule has 2 aromatic rings. The smallest absolute Gasteiger partial charge is 0.207 e. The van der Waals surface area contributed by atoms with Gasteiger partial charge in [0.1, 0.15) is 16.5 Å². The summed E-state index contributed by atoms with van der Waals surface area (Å²) in [5.74, 6) is -2.14. The van der Waals surface area contributed by atoms with E-state index in [-0.39, 0.29) is 17.0 Å². The topological polar surface area (TPSA) is 83.6 Å². The van der Waals surface area contributed by atoms with Crippen molar-refractivity contribution in [2.45, 2.75) is 16.3 Å². The van der Waals surface area contributed by atoms with Gasteiger partial charge in [-0.05, 0) is 23.8 Å². The highest BCUT2D eigenvalue weighted by molar-refractivity contribution is 7.89. The van der Waals surface area contributed by atoms with E-state index in [0.29, 0.717) is 6.07 Å². The normalized spacial score (nSPS) is 12.5. The molecule has 0 saturated carbocycles. The van der Waals surface area contributed by atoms with E-state index in [2.05, 4.69) is 4.72 Å². The molecular weight excluding hydrogens is 374 g/mol. The average molecular weight is 390 g/mol. The van der Waals surface area contributed by atoms with E-state index in [0.717, 1.165) is 16.4 Å². The SMILES string of the molecule is CN(C)S(=O)(=O)c1ccccc1CNS(=O)(=O)c1ccc(F)cc1F. The zero-order chi connectivity index (χ0) is 18.8. The van der Waals surface area contributed by atoms with Gasteiger partial charge < -0.3 is 0 Å². The minimum absolute atomic E-state index is 0.0673. The van der Waals surface area contributed by atoms with Gasteiger partial charge >= 0.3 is 0 Å². The molecule has 0 aliphatic heterocycles. The van der Waals surface area contributed by atoms with E-state index in [1.807, 2.05) is 0 Å². The van der Waals surface area contributed by atoms with Crippen molar-refractivity contribution in [2.24, 2.45) is 0 Å². The van der Waals surface area contributed by atoms with Crippen molar-refractivity contribution in [3.05, 3.63) is 59.7 Å². The van der Waals surface area contributed by atoms with Crippen molar-refractivity contribution < 1.29 is 25.6 Å². The molecule has 0 saturated heterocycles. The summed E-state index contributed by atoms with van der Waals surface area (Å²) < 4.78 is 78.7. The molecule has 0 amide bonds. The Kier molecular flexibility index (Phi) is 5.57. The Morgan fingerprint density at radius 3 is 2.20 bits per heavy atom. The van der Waals surface area contributed by atoms with E-state index < -0.39 is 36.6 Å². The van der Waals surface area contributed by atoms with Crippen LogP contribution in [0.1, 0.15) is 5.56 Å². The Balaban J connectivity index is 2.33. The molecule has 25 heavy (non-hydrogen) atoms.